The topological polar surface area (TPSA) is 80.2 Å². The van der Waals surface area contributed by atoms with Crippen LogP contribution in [0, 0.1) is 6.92 Å². The van der Waals surface area contributed by atoms with E-state index in [9.17, 15) is 13.2 Å². The minimum Gasteiger partial charge on any atom is -0.350 e. The van der Waals surface area contributed by atoms with Crippen LogP contribution in [0.5, 0.6) is 0 Å². The van der Waals surface area contributed by atoms with Gasteiger partial charge in [-0.2, -0.15) is 0 Å². The van der Waals surface area contributed by atoms with Crippen molar-refractivity contribution in [3.05, 3.63) is 53.3 Å². The highest BCUT2D eigenvalue weighted by Gasteiger charge is 2.09. The zero-order valence-corrected chi connectivity index (χ0v) is 13.6. The number of nitrogens with one attached hydrogen (secondary N) is 2. The molecule has 2 aromatic rings. The molecule has 6 nitrogen and oxygen atoms in total. The van der Waals surface area contributed by atoms with Crippen molar-refractivity contribution in [3.8, 4) is 0 Å². The van der Waals surface area contributed by atoms with Crippen LogP contribution >= 0.6 is 0 Å². The molecule has 0 aliphatic rings. The third-order valence-electron chi connectivity index (χ3n) is 3.33. The fourth-order valence-electron chi connectivity index (χ4n) is 2.06. The number of hydrogen-bond donors (Lipinski definition) is 2. The standard InChI is InChI=1S/C15H19N3O3S/c1-11-7-8-14(18(11)2)10-16-15(19)12-5-4-6-13(9-12)17-22(3,20)21/h4-9,17H,10H2,1-3H3,(H,16,19). The molecule has 0 spiro atoms. The largest absolute Gasteiger partial charge is 0.350 e. The van der Waals surface area contributed by atoms with Crippen molar-refractivity contribution in [2.24, 2.45) is 7.05 Å². The van der Waals surface area contributed by atoms with Gasteiger partial charge in [0.05, 0.1) is 12.8 Å². The Morgan fingerprint density at radius 2 is 1.95 bits per heavy atom. The number of anilines is 1. The van der Waals surface area contributed by atoms with Crippen molar-refractivity contribution in [1.82, 2.24) is 9.88 Å². The number of benzene rings is 1. The molecule has 1 aromatic carbocycles. The molecule has 0 bridgehead atoms. The Labute approximate surface area is 130 Å². The van der Waals surface area contributed by atoms with E-state index < -0.39 is 10.0 Å². The first-order valence-electron chi connectivity index (χ1n) is 6.73. The number of sulfonamides is 1. The first kappa shape index (κ1) is 16.1. The minimum absolute atomic E-state index is 0.254. The van der Waals surface area contributed by atoms with Crippen LogP contribution in [0.3, 0.4) is 0 Å². The van der Waals surface area contributed by atoms with Crippen molar-refractivity contribution in [2.45, 2.75) is 13.5 Å². The van der Waals surface area contributed by atoms with Gasteiger partial charge in [-0.05, 0) is 37.3 Å². The average molecular weight is 321 g/mol. The lowest BCUT2D eigenvalue weighted by atomic mass is 10.2. The van der Waals surface area contributed by atoms with Crippen molar-refractivity contribution in [3.63, 3.8) is 0 Å². The number of nitrogens with zero attached hydrogens (tertiary/aromatic N) is 1. The Morgan fingerprint density at radius 1 is 1.23 bits per heavy atom. The van der Waals surface area contributed by atoms with Crippen LogP contribution in [0.1, 0.15) is 21.7 Å². The summed E-state index contributed by atoms with van der Waals surface area (Å²) in [5.41, 5.74) is 2.88. The summed E-state index contributed by atoms with van der Waals surface area (Å²) in [6.45, 7) is 2.40. The monoisotopic (exact) mass is 321 g/mol. The van der Waals surface area contributed by atoms with E-state index in [-0.39, 0.29) is 5.91 Å². The number of aromatic nitrogens is 1. The number of amides is 1. The van der Waals surface area contributed by atoms with Gasteiger partial charge in [0.15, 0.2) is 0 Å². The van der Waals surface area contributed by atoms with E-state index in [1.165, 1.54) is 6.07 Å². The fourth-order valence-corrected chi connectivity index (χ4v) is 2.61. The highest BCUT2D eigenvalue weighted by atomic mass is 32.2. The van der Waals surface area contributed by atoms with Gasteiger partial charge in [0.1, 0.15) is 0 Å². The quantitative estimate of drug-likeness (QED) is 0.878. The van der Waals surface area contributed by atoms with Crippen LogP contribution in [-0.4, -0.2) is 25.1 Å². The smallest absolute Gasteiger partial charge is 0.251 e. The lowest BCUT2D eigenvalue weighted by Gasteiger charge is -2.09. The maximum Gasteiger partial charge on any atom is 0.251 e. The molecular weight excluding hydrogens is 302 g/mol. The van der Waals surface area contributed by atoms with E-state index in [0.29, 0.717) is 17.8 Å². The lowest BCUT2D eigenvalue weighted by Crippen LogP contribution is -2.24. The van der Waals surface area contributed by atoms with Gasteiger partial charge in [0.25, 0.3) is 5.91 Å². The minimum atomic E-state index is -3.36. The third kappa shape index (κ3) is 4.11. The maximum absolute atomic E-state index is 12.2. The summed E-state index contributed by atoms with van der Waals surface area (Å²) >= 11 is 0. The van der Waals surface area contributed by atoms with Gasteiger partial charge in [-0.25, -0.2) is 8.42 Å². The van der Waals surface area contributed by atoms with Gasteiger partial charge in [-0.3, -0.25) is 9.52 Å². The molecule has 2 N–H and O–H groups in total. The number of carbonyl (C=O) groups is 1. The molecule has 0 atom stereocenters. The summed E-state index contributed by atoms with van der Waals surface area (Å²) in [6, 6.07) is 10.3. The van der Waals surface area contributed by atoms with Crippen LogP contribution in [0.25, 0.3) is 0 Å². The number of rotatable bonds is 5. The van der Waals surface area contributed by atoms with E-state index in [4.69, 9.17) is 0 Å². The Morgan fingerprint density at radius 3 is 2.55 bits per heavy atom. The van der Waals surface area contributed by atoms with Crippen molar-refractivity contribution in [2.75, 3.05) is 11.0 Å². The molecule has 0 aliphatic carbocycles. The molecule has 2 rings (SSSR count). The molecule has 1 heterocycles. The molecule has 7 heteroatoms. The Balaban J connectivity index is 2.06. The zero-order chi connectivity index (χ0) is 16.3. The second kappa shape index (κ2) is 6.23. The summed E-state index contributed by atoms with van der Waals surface area (Å²) in [4.78, 5) is 12.2. The molecule has 0 unspecified atom stereocenters. The van der Waals surface area contributed by atoms with E-state index >= 15 is 0 Å². The normalized spacial score (nSPS) is 11.2. The summed E-state index contributed by atoms with van der Waals surface area (Å²) in [5.74, 6) is -0.254. The number of hydrogen-bond acceptors (Lipinski definition) is 3. The second-order valence-electron chi connectivity index (χ2n) is 5.16. The molecule has 0 radical (unpaired) electrons. The highest BCUT2D eigenvalue weighted by Crippen LogP contribution is 2.12. The van der Waals surface area contributed by atoms with Crippen LogP contribution in [0.15, 0.2) is 36.4 Å². The van der Waals surface area contributed by atoms with Crippen molar-refractivity contribution in [1.29, 1.82) is 0 Å². The van der Waals surface area contributed by atoms with Gasteiger partial charge in [-0.1, -0.05) is 6.07 Å². The Bertz CT molecular complexity index is 794. The molecule has 0 aliphatic heterocycles. The molecule has 1 amide bonds. The van der Waals surface area contributed by atoms with Crippen LogP contribution in [-0.2, 0) is 23.6 Å². The molecular formula is C15H19N3O3S. The van der Waals surface area contributed by atoms with E-state index in [1.807, 2.05) is 30.7 Å². The predicted octanol–water partition coefficient (Wildman–Crippen LogP) is 1.64. The molecule has 1 aromatic heterocycles. The third-order valence-corrected chi connectivity index (χ3v) is 3.94. The van der Waals surface area contributed by atoms with Crippen LogP contribution in [0.2, 0.25) is 0 Å². The number of carbonyl (C=O) groups excluding carboxylic acids is 1. The predicted molar refractivity (Wildman–Crippen MR) is 86.2 cm³/mol. The SMILES string of the molecule is Cc1ccc(CNC(=O)c2cccc(NS(C)(=O)=O)c2)n1C. The first-order valence-corrected chi connectivity index (χ1v) is 8.62. The Hall–Kier alpha value is -2.28. The summed E-state index contributed by atoms with van der Waals surface area (Å²) in [5, 5.41) is 2.82. The molecule has 22 heavy (non-hydrogen) atoms. The summed E-state index contributed by atoms with van der Waals surface area (Å²) in [7, 11) is -1.42. The van der Waals surface area contributed by atoms with Gasteiger partial charge < -0.3 is 9.88 Å². The van der Waals surface area contributed by atoms with Crippen LogP contribution < -0.4 is 10.0 Å². The van der Waals surface area contributed by atoms with E-state index in [2.05, 4.69) is 10.0 Å². The van der Waals surface area contributed by atoms with Crippen molar-refractivity contribution >= 4 is 21.6 Å². The van der Waals surface area contributed by atoms with E-state index in [1.54, 1.807) is 18.2 Å². The lowest BCUT2D eigenvalue weighted by molar-refractivity contribution is 0.0950. The molecule has 0 saturated heterocycles. The van der Waals surface area contributed by atoms with Crippen molar-refractivity contribution < 1.29 is 13.2 Å². The van der Waals surface area contributed by atoms with Gasteiger partial charge in [-0.15, -0.1) is 0 Å². The molecule has 0 saturated carbocycles. The average Bonchev–Trinajstić information content (AvgIpc) is 2.74. The first-order chi connectivity index (χ1) is 10.3. The molecule has 0 fully saturated rings. The summed E-state index contributed by atoms with van der Waals surface area (Å²) < 4.78 is 26.8. The van der Waals surface area contributed by atoms with Gasteiger partial charge in [0, 0.05) is 29.7 Å². The Kier molecular flexibility index (Phi) is 4.56. The zero-order valence-electron chi connectivity index (χ0n) is 12.8. The van der Waals surface area contributed by atoms with Gasteiger partial charge in [0.2, 0.25) is 10.0 Å². The summed E-state index contributed by atoms with van der Waals surface area (Å²) in [6.07, 6.45) is 1.07. The second-order valence-corrected chi connectivity index (χ2v) is 6.91. The number of aryl methyl sites for hydroxylation is 1. The molecule has 118 valence electrons. The van der Waals surface area contributed by atoms with Gasteiger partial charge >= 0.3 is 0 Å². The fraction of sp³-hybridized carbons (Fsp3) is 0.267. The van der Waals surface area contributed by atoms with E-state index in [0.717, 1.165) is 17.6 Å². The van der Waals surface area contributed by atoms with Crippen LogP contribution in [0.4, 0.5) is 5.69 Å². The maximum atomic E-state index is 12.2. The highest BCUT2D eigenvalue weighted by molar-refractivity contribution is 7.92.